The van der Waals surface area contributed by atoms with Gasteiger partial charge < -0.3 is 14.6 Å². The van der Waals surface area contributed by atoms with Gasteiger partial charge in [0, 0.05) is 18.3 Å². The maximum absolute atomic E-state index is 12.9. The average Bonchev–Trinajstić information content (AvgIpc) is 3.24. The van der Waals surface area contributed by atoms with Gasteiger partial charge in [-0.2, -0.15) is 4.98 Å². The number of hydrogen-bond acceptors (Lipinski definition) is 6. The molecule has 4 rings (SSSR count). The third-order valence-electron chi connectivity index (χ3n) is 4.17. The molecule has 0 atom stereocenters. The number of methoxy groups -OCH3 is 1. The van der Waals surface area contributed by atoms with Crippen LogP contribution in [0.1, 0.15) is 5.56 Å². The standard InChI is InChI=1S/C21H17FN4O2/c1-27-18-9-4-15(5-10-18)20-25-21(28-26-20)16-6-11-19(24-13-16)23-12-14-2-7-17(22)8-3-14/h2-11,13H,12H2,1H3,(H,23,24). The van der Waals surface area contributed by atoms with Gasteiger partial charge in [-0.15, -0.1) is 0 Å². The minimum atomic E-state index is -0.250. The van der Waals surface area contributed by atoms with E-state index in [-0.39, 0.29) is 5.82 Å². The van der Waals surface area contributed by atoms with Gasteiger partial charge in [-0.05, 0) is 54.1 Å². The quantitative estimate of drug-likeness (QED) is 0.532. The normalized spacial score (nSPS) is 10.6. The first-order chi connectivity index (χ1) is 13.7. The Kier molecular flexibility index (Phi) is 4.97. The van der Waals surface area contributed by atoms with Gasteiger partial charge in [-0.1, -0.05) is 17.3 Å². The number of rotatable bonds is 6. The highest BCUT2D eigenvalue weighted by Gasteiger charge is 2.11. The molecule has 0 spiro atoms. The first-order valence-corrected chi connectivity index (χ1v) is 8.64. The van der Waals surface area contributed by atoms with E-state index in [1.807, 2.05) is 36.4 Å². The molecule has 1 N–H and O–H groups in total. The molecule has 28 heavy (non-hydrogen) atoms. The number of halogens is 1. The van der Waals surface area contributed by atoms with E-state index < -0.39 is 0 Å². The molecule has 0 aliphatic carbocycles. The highest BCUT2D eigenvalue weighted by Crippen LogP contribution is 2.24. The van der Waals surface area contributed by atoms with Gasteiger partial charge in [0.05, 0.1) is 12.7 Å². The first-order valence-electron chi connectivity index (χ1n) is 8.64. The van der Waals surface area contributed by atoms with Crippen molar-refractivity contribution in [1.29, 1.82) is 0 Å². The van der Waals surface area contributed by atoms with E-state index in [2.05, 4.69) is 20.4 Å². The molecule has 2 aromatic carbocycles. The second-order valence-corrected chi connectivity index (χ2v) is 6.06. The molecular formula is C21H17FN4O2. The average molecular weight is 376 g/mol. The van der Waals surface area contributed by atoms with Crippen LogP contribution in [0.25, 0.3) is 22.8 Å². The molecule has 7 heteroatoms. The van der Waals surface area contributed by atoms with Gasteiger partial charge in [-0.25, -0.2) is 9.37 Å². The Balaban J connectivity index is 1.43. The topological polar surface area (TPSA) is 73.1 Å². The summed E-state index contributed by atoms with van der Waals surface area (Å²) in [5.41, 5.74) is 2.52. The molecule has 2 heterocycles. The van der Waals surface area contributed by atoms with E-state index in [9.17, 15) is 4.39 Å². The number of aromatic nitrogens is 3. The van der Waals surface area contributed by atoms with Gasteiger partial charge >= 0.3 is 0 Å². The SMILES string of the molecule is COc1ccc(-c2noc(-c3ccc(NCc4ccc(F)cc4)nc3)n2)cc1. The highest BCUT2D eigenvalue weighted by molar-refractivity contribution is 5.60. The second-order valence-electron chi connectivity index (χ2n) is 6.06. The van der Waals surface area contributed by atoms with Crippen molar-refractivity contribution in [2.45, 2.75) is 6.54 Å². The monoisotopic (exact) mass is 376 g/mol. The highest BCUT2D eigenvalue weighted by atomic mass is 19.1. The van der Waals surface area contributed by atoms with Crippen LogP contribution in [0, 0.1) is 5.82 Å². The predicted octanol–water partition coefficient (Wildman–Crippen LogP) is 4.56. The van der Waals surface area contributed by atoms with E-state index in [0.717, 1.165) is 22.4 Å². The van der Waals surface area contributed by atoms with Crippen molar-refractivity contribution in [3.05, 3.63) is 78.2 Å². The third kappa shape index (κ3) is 3.98. The Hall–Kier alpha value is -3.74. The Morgan fingerprint density at radius 2 is 1.71 bits per heavy atom. The van der Waals surface area contributed by atoms with Crippen LogP contribution in [0.5, 0.6) is 5.75 Å². The second kappa shape index (κ2) is 7.87. The molecule has 0 aliphatic rings. The van der Waals surface area contributed by atoms with Gasteiger partial charge in [0.15, 0.2) is 0 Å². The fraction of sp³-hybridized carbons (Fsp3) is 0.0952. The van der Waals surface area contributed by atoms with Gasteiger partial charge in [0.1, 0.15) is 17.4 Å². The lowest BCUT2D eigenvalue weighted by molar-refractivity contribution is 0.415. The van der Waals surface area contributed by atoms with Crippen LogP contribution in [-0.2, 0) is 6.54 Å². The molecule has 0 aliphatic heterocycles. The molecular weight excluding hydrogens is 359 g/mol. The first kappa shape index (κ1) is 17.7. The Morgan fingerprint density at radius 1 is 0.964 bits per heavy atom. The smallest absolute Gasteiger partial charge is 0.259 e. The van der Waals surface area contributed by atoms with Crippen molar-refractivity contribution in [3.8, 4) is 28.6 Å². The summed E-state index contributed by atoms with van der Waals surface area (Å²) in [6, 6.07) is 17.4. The van der Waals surface area contributed by atoms with Gasteiger partial charge in [0.2, 0.25) is 5.82 Å². The van der Waals surface area contributed by atoms with Crippen LogP contribution in [0.2, 0.25) is 0 Å². The number of ether oxygens (including phenoxy) is 1. The minimum absolute atomic E-state index is 0.250. The lowest BCUT2D eigenvalue weighted by Gasteiger charge is -2.05. The van der Waals surface area contributed by atoms with Crippen molar-refractivity contribution >= 4 is 5.82 Å². The summed E-state index contributed by atoms with van der Waals surface area (Å²) in [6.45, 7) is 0.550. The van der Waals surface area contributed by atoms with Crippen LogP contribution in [0.3, 0.4) is 0 Å². The molecule has 0 saturated carbocycles. The van der Waals surface area contributed by atoms with Crippen LogP contribution < -0.4 is 10.1 Å². The maximum atomic E-state index is 12.9. The lowest BCUT2D eigenvalue weighted by Crippen LogP contribution is -2.01. The Bertz CT molecular complexity index is 1050. The van der Waals surface area contributed by atoms with Crippen molar-refractivity contribution < 1.29 is 13.7 Å². The molecule has 0 radical (unpaired) electrons. The minimum Gasteiger partial charge on any atom is -0.497 e. The van der Waals surface area contributed by atoms with Gasteiger partial charge in [0.25, 0.3) is 5.89 Å². The van der Waals surface area contributed by atoms with Crippen LogP contribution in [0.4, 0.5) is 10.2 Å². The summed E-state index contributed by atoms with van der Waals surface area (Å²) < 4.78 is 23.4. The number of pyridine rings is 1. The summed E-state index contributed by atoms with van der Waals surface area (Å²) in [7, 11) is 1.62. The van der Waals surface area contributed by atoms with E-state index >= 15 is 0 Å². The third-order valence-corrected chi connectivity index (χ3v) is 4.17. The van der Waals surface area contributed by atoms with Crippen molar-refractivity contribution in [2.24, 2.45) is 0 Å². The van der Waals surface area contributed by atoms with Crippen LogP contribution in [0.15, 0.2) is 71.4 Å². The zero-order chi connectivity index (χ0) is 19.3. The number of nitrogens with zero attached hydrogens (tertiary/aromatic N) is 3. The maximum Gasteiger partial charge on any atom is 0.259 e. The Labute approximate surface area is 161 Å². The predicted molar refractivity (Wildman–Crippen MR) is 103 cm³/mol. The fourth-order valence-electron chi connectivity index (χ4n) is 2.62. The van der Waals surface area contributed by atoms with E-state index in [0.29, 0.717) is 24.1 Å². The van der Waals surface area contributed by atoms with E-state index in [1.165, 1.54) is 12.1 Å². The summed E-state index contributed by atoms with van der Waals surface area (Å²) in [4.78, 5) is 8.79. The van der Waals surface area contributed by atoms with Crippen LogP contribution >= 0.6 is 0 Å². The van der Waals surface area contributed by atoms with E-state index in [1.54, 1.807) is 25.4 Å². The van der Waals surface area contributed by atoms with Crippen molar-refractivity contribution in [1.82, 2.24) is 15.1 Å². The fourth-order valence-corrected chi connectivity index (χ4v) is 2.62. The summed E-state index contributed by atoms with van der Waals surface area (Å²) in [5, 5.41) is 7.21. The zero-order valence-corrected chi connectivity index (χ0v) is 15.1. The summed E-state index contributed by atoms with van der Waals surface area (Å²) in [5.74, 6) is 2.10. The molecule has 0 saturated heterocycles. The molecule has 0 amide bonds. The lowest BCUT2D eigenvalue weighted by atomic mass is 10.2. The van der Waals surface area contributed by atoms with Gasteiger partial charge in [-0.3, -0.25) is 0 Å². The molecule has 0 unspecified atom stereocenters. The number of anilines is 1. The Morgan fingerprint density at radius 3 is 2.39 bits per heavy atom. The largest absolute Gasteiger partial charge is 0.497 e. The molecule has 0 fully saturated rings. The number of benzene rings is 2. The molecule has 140 valence electrons. The van der Waals surface area contributed by atoms with Crippen LogP contribution in [-0.4, -0.2) is 22.2 Å². The number of nitrogens with one attached hydrogen (secondary N) is 1. The number of hydrogen-bond donors (Lipinski definition) is 1. The molecule has 4 aromatic rings. The van der Waals surface area contributed by atoms with E-state index in [4.69, 9.17) is 9.26 Å². The molecule has 0 bridgehead atoms. The summed E-state index contributed by atoms with van der Waals surface area (Å²) in [6.07, 6.45) is 1.66. The summed E-state index contributed by atoms with van der Waals surface area (Å²) >= 11 is 0. The zero-order valence-electron chi connectivity index (χ0n) is 15.1. The molecule has 2 aromatic heterocycles. The van der Waals surface area contributed by atoms with Crippen molar-refractivity contribution in [3.63, 3.8) is 0 Å². The van der Waals surface area contributed by atoms with Crippen molar-refractivity contribution in [2.75, 3.05) is 12.4 Å². The molecule has 6 nitrogen and oxygen atoms in total.